The molecule has 0 spiro atoms. The summed E-state index contributed by atoms with van der Waals surface area (Å²) in [6.07, 6.45) is 0. The van der Waals surface area contributed by atoms with Gasteiger partial charge in [-0.25, -0.2) is 9.48 Å². The van der Waals surface area contributed by atoms with Crippen LogP contribution >= 0.6 is 0 Å². The molecule has 15 heavy (non-hydrogen) atoms. The molecule has 1 aromatic rings. The Hall–Kier alpha value is -1.47. The van der Waals surface area contributed by atoms with E-state index in [4.69, 9.17) is 14.6 Å². The van der Waals surface area contributed by atoms with Crippen LogP contribution in [0.2, 0.25) is 0 Å². The minimum atomic E-state index is -1.11. The molecule has 0 unspecified atom stereocenters. The lowest BCUT2D eigenvalue weighted by Crippen LogP contribution is -2.12. The number of carbonyl (C=O) groups is 1. The molecule has 0 saturated carbocycles. The van der Waals surface area contributed by atoms with Crippen LogP contribution in [0.4, 0.5) is 0 Å². The fourth-order valence-corrected chi connectivity index (χ4v) is 1.14. The Kier molecular flexibility index (Phi) is 4.19. The maximum Gasteiger partial charge on any atom is 0.358 e. The predicted molar refractivity (Wildman–Crippen MR) is 49.6 cm³/mol. The van der Waals surface area contributed by atoms with Gasteiger partial charge in [-0.05, 0) is 0 Å². The Morgan fingerprint density at radius 2 is 2.20 bits per heavy atom. The van der Waals surface area contributed by atoms with Gasteiger partial charge < -0.3 is 14.6 Å². The summed E-state index contributed by atoms with van der Waals surface area (Å²) in [6, 6.07) is 0. The van der Waals surface area contributed by atoms with Crippen molar-refractivity contribution in [3.8, 4) is 0 Å². The fourth-order valence-electron chi connectivity index (χ4n) is 1.14. The van der Waals surface area contributed by atoms with Crippen LogP contribution < -0.4 is 0 Å². The highest BCUT2D eigenvalue weighted by Crippen LogP contribution is 2.06. The van der Waals surface area contributed by atoms with E-state index in [1.54, 1.807) is 7.11 Å². The summed E-state index contributed by atoms with van der Waals surface area (Å²) in [5.74, 6) is -1.11. The number of aromatic nitrogens is 3. The lowest BCUT2D eigenvalue weighted by Gasteiger charge is -2.04. The van der Waals surface area contributed by atoms with Gasteiger partial charge in [-0.15, -0.1) is 5.10 Å². The van der Waals surface area contributed by atoms with Gasteiger partial charge in [0.1, 0.15) is 0 Å². The van der Waals surface area contributed by atoms with Gasteiger partial charge >= 0.3 is 5.97 Å². The molecule has 0 aromatic carbocycles. The highest BCUT2D eigenvalue weighted by atomic mass is 16.5. The Bertz CT molecular complexity index is 337. The van der Waals surface area contributed by atoms with Crippen molar-refractivity contribution in [1.82, 2.24) is 15.0 Å². The second kappa shape index (κ2) is 5.42. The standard InChI is InChI=1S/C8H13N3O4/c1-14-4-3-11-6(5-15-2)7(8(12)13)9-10-11/h3-5H2,1-2H3,(H,12,13). The van der Waals surface area contributed by atoms with E-state index in [0.717, 1.165) is 0 Å². The zero-order valence-electron chi connectivity index (χ0n) is 8.63. The van der Waals surface area contributed by atoms with E-state index in [1.807, 2.05) is 0 Å². The number of nitrogens with zero attached hydrogens (tertiary/aromatic N) is 3. The lowest BCUT2D eigenvalue weighted by atomic mass is 10.3. The summed E-state index contributed by atoms with van der Waals surface area (Å²) in [6.45, 7) is 1.06. The van der Waals surface area contributed by atoms with E-state index in [9.17, 15) is 4.79 Å². The van der Waals surface area contributed by atoms with Crippen LogP contribution in [0.15, 0.2) is 0 Å². The minimum absolute atomic E-state index is 0.0760. The summed E-state index contributed by atoms with van der Waals surface area (Å²) in [5.41, 5.74) is 0.370. The minimum Gasteiger partial charge on any atom is -0.476 e. The summed E-state index contributed by atoms with van der Waals surface area (Å²) in [4.78, 5) is 10.8. The van der Waals surface area contributed by atoms with Crippen molar-refractivity contribution in [2.24, 2.45) is 0 Å². The third-order valence-corrected chi connectivity index (χ3v) is 1.83. The number of hydrogen-bond donors (Lipinski definition) is 1. The summed E-state index contributed by atoms with van der Waals surface area (Å²) in [7, 11) is 3.05. The first-order valence-electron chi connectivity index (χ1n) is 4.34. The largest absolute Gasteiger partial charge is 0.476 e. The van der Waals surface area contributed by atoms with Crippen molar-refractivity contribution in [2.75, 3.05) is 20.8 Å². The van der Waals surface area contributed by atoms with E-state index in [2.05, 4.69) is 10.3 Å². The van der Waals surface area contributed by atoms with Crippen LogP contribution in [-0.4, -0.2) is 46.9 Å². The van der Waals surface area contributed by atoms with Crippen molar-refractivity contribution in [2.45, 2.75) is 13.2 Å². The molecule has 1 rings (SSSR count). The van der Waals surface area contributed by atoms with Crippen molar-refractivity contribution >= 4 is 5.97 Å². The Morgan fingerprint density at radius 3 is 2.73 bits per heavy atom. The number of hydrogen-bond acceptors (Lipinski definition) is 5. The van der Waals surface area contributed by atoms with E-state index >= 15 is 0 Å². The quantitative estimate of drug-likeness (QED) is 0.705. The normalized spacial score (nSPS) is 10.5. The molecule has 84 valence electrons. The monoisotopic (exact) mass is 215 g/mol. The summed E-state index contributed by atoms with van der Waals surface area (Å²) in [5, 5.41) is 16.1. The SMILES string of the molecule is COCCn1nnc(C(=O)O)c1COC. The third-order valence-electron chi connectivity index (χ3n) is 1.83. The molecule has 0 aliphatic heterocycles. The molecule has 0 aliphatic carbocycles. The molecule has 0 fully saturated rings. The second-order valence-corrected chi connectivity index (χ2v) is 2.84. The van der Waals surface area contributed by atoms with Crippen molar-refractivity contribution < 1.29 is 19.4 Å². The van der Waals surface area contributed by atoms with E-state index in [0.29, 0.717) is 18.8 Å². The molecule has 7 nitrogen and oxygen atoms in total. The predicted octanol–water partition coefficient (Wildman–Crippen LogP) is -0.231. The molecule has 0 atom stereocenters. The second-order valence-electron chi connectivity index (χ2n) is 2.84. The molecule has 0 radical (unpaired) electrons. The van der Waals surface area contributed by atoms with Crippen LogP contribution in [0, 0.1) is 0 Å². The van der Waals surface area contributed by atoms with Gasteiger partial charge in [-0.1, -0.05) is 5.21 Å². The lowest BCUT2D eigenvalue weighted by molar-refractivity contribution is 0.0684. The van der Waals surface area contributed by atoms with E-state index < -0.39 is 5.97 Å². The van der Waals surface area contributed by atoms with Crippen LogP contribution in [0.25, 0.3) is 0 Å². The number of rotatable bonds is 6. The fraction of sp³-hybridized carbons (Fsp3) is 0.625. The van der Waals surface area contributed by atoms with E-state index in [-0.39, 0.29) is 12.3 Å². The van der Waals surface area contributed by atoms with Crippen LogP contribution in [0.3, 0.4) is 0 Å². The molecule has 0 bridgehead atoms. The average molecular weight is 215 g/mol. The van der Waals surface area contributed by atoms with Gasteiger partial charge in [-0.3, -0.25) is 0 Å². The molecule has 1 aromatic heterocycles. The maximum absolute atomic E-state index is 10.8. The smallest absolute Gasteiger partial charge is 0.358 e. The maximum atomic E-state index is 10.8. The highest BCUT2D eigenvalue weighted by Gasteiger charge is 2.18. The number of methoxy groups -OCH3 is 2. The Balaban J connectivity index is 2.90. The number of ether oxygens (including phenoxy) is 2. The van der Waals surface area contributed by atoms with Gasteiger partial charge in [-0.2, -0.15) is 0 Å². The first-order valence-corrected chi connectivity index (χ1v) is 4.34. The number of carboxylic acids is 1. The van der Waals surface area contributed by atoms with Gasteiger partial charge in [0.2, 0.25) is 0 Å². The molecule has 1 heterocycles. The van der Waals surface area contributed by atoms with E-state index in [1.165, 1.54) is 11.8 Å². The van der Waals surface area contributed by atoms with Gasteiger partial charge in [0.05, 0.1) is 25.5 Å². The van der Waals surface area contributed by atoms with Gasteiger partial charge in [0.15, 0.2) is 5.69 Å². The van der Waals surface area contributed by atoms with Crippen molar-refractivity contribution in [3.63, 3.8) is 0 Å². The molecular formula is C8H13N3O4. The first-order chi connectivity index (χ1) is 7.20. The topological polar surface area (TPSA) is 86.5 Å². The first kappa shape index (κ1) is 11.6. The van der Waals surface area contributed by atoms with Crippen molar-refractivity contribution in [3.05, 3.63) is 11.4 Å². The zero-order chi connectivity index (χ0) is 11.3. The molecule has 0 aliphatic rings. The molecule has 1 N–H and O–H groups in total. The zero-order valence-corrected chi connectivity index (χ0v) is 8.63. The van der Waals surface area contributed by atoms with Gasteiger partial charge in [0, 0.05) is 14.2 Å². The number of carboxylic acid groups (broad SMARTS) is 1. The third kappa shape index (κ3) is 2.74. The molecular weight excluding hydrogens is 202 g/mol. The van der Waals surface area contributed by atoms with Crippen molar-refractivity contribution in [1.29, 1.82) is 0 Å². The Morgan fingerprint density at radius 1 is 1.47 bits per heavy atom. The van der Waals surface area contributed by atoms with Crippen LogP contribution in [0.1, 0.15) is 16.2 Å². The molecule has 0 amide bonds. The van der Waals surface area contributed by atoms with Crippen LogP contribution in [0.5, 0.6) is 0 Å². The summed E-state index contributed by atoms with van der Waals surface area (Å²) >= 11 is 0. The molecule has 7 heteroatoms. The molecule has 0 saturated heterocycles. The highest BCUT2D eigenvalue weighted by molar-refractivity contribution is 5.86. The Labute approximate surface area is 86.6 Å². The summed E-state index contributed by atoms with van der Waals surface area (Å²) < 4.78 is 11.2. The average Bonchev–Trinajstić information content (AvgIpc) is 2.59. The van der Waals surface area contributed by atoms with Crippen LogP contribution in [-0.2, 0) is 22.6 Å². The van der Waals surface area contributed by atoms with Gasteiger partial charge in [0.25, 0.3) is 0 Å². The number of aromatic carboxylic acids is 1.